The third-order valence-electron chi connectivity index (χ3n) is 1.87. The van der Waals surface area contributed by atoms with Crippen molar-refractivity contribution in [2.45, 2.75) is 32.7 Å². The van der Waals surface area contributed by atoms with Crippen LogP contribution in [-0.4, -0.2) is 26.1 Å². The SMILES string of the molecule is CC(C)c1cn([C@H](C)C(=O)O)nn1. The van der Waals surface area contributed by atoms with Crippen molar-refractivity contribution in [1.82, 2.24) is 15.0 Å². The second-order valence-corrected chi connectivity index (χ2v) is 3.29. The first kappa shape index (κ1) is 9.70. The molecule has 0 saturated heterocycles. The molecule has 0 amide bonds. The van der Waals surface area contributed by atoms with Gasteiger partial charge in [0.15, 0.2) is 0 Å². The number of carbonyl (C=O) groups is 1. The van der Waals surface area contributed by atoms with E-state index in [9.17, 15) is 4.79 Å². The lowest BCUT2D eigenvalue weighted by Gasteiger charge is -2.03. The number of aromatic nitrogens is 3. The Bertz CT molecular complexity index is 306. The summed E-state index contributed by atoms with van der Waals surface area (Å²) in [6, 6.07) is -0.653. The van der Waals surface area contributed by atoms with Crippen molar-refractivity contribution in [2.75, 3.05) is 0 Å². The summed E-state index contributed by atoms with van der Waals surface area (Å²) in [7, 11) is 0. The van der Waals surface area contributed by atoms with Gasteiger partial charge in [-0.15, -0.1) is 5.10 Å². The number of rotatable bonds is 3. The molecule has 1 atom stereocenters. The first-order valence-corrected chi connectivity index (χ1v) is 4.17. The first-order chi connectivity index (χ1) is 6.02. The van der Waals surface area contributed by atoms with Crippen LogP contribution in [0.25, 0.3) is 0 Å². The molecule has 0 bridgehead atoms. The summed E-state index contributed by atoms with van der Waals surface area (Å²) in [6.45, 7) is 5.54. The van der Waals surface area contributed by atoms with Crippen LogP contribution in [0.1, 0.15) is 38.4 Å². The van der Waals surface area contributed by atoms with Gasteiger partial charge in [-0.3, -0.25) is 0 Å². The van der Waals surface area contributed by atoms with E-state index in [1.54, 1.807) is 13.1 Å². The van der Waals surface area contributed by atoms with Gasteiger partial charge in [0.25, 0.3) is 0 Å². The lowest BCUT2D eigenvalue weighted by molar-refractivity contribution is -0.140. The Morgan fingerprint density at radius 3 is 2.54 bits per heavy atom. The third kappa shape index (κ3) is 2.05. The lowest BCUT2D eigenvalue weighted by atomic mass is 10.2. The maximum Gasteiger partial charge on any atom is 0.328 e. The summed E-state index contributed by atoms with van der Waals surface area (Å²) in [4.78, 5) is 10.6. The van der Waals surface area contributed by atoms with E-state index in [1.807, 2.05) is 13.8 Å². The topological polar surface area (TPSA) is 68.0 Å². The molecule has 1 N–H and O–H groups in total. The van der Waals surface area contributed by atoms with Crippen molar-refractivity contribution in [3.8, 4) is 0 Å². The van der Waals surface area contributed by atoms with E-state index in [0.717, 1.165) is 5.69 Å². The standard InChI is InChI=1S/C8H13N3O2/c1-5(2)7-4-11(10-9-7)6(3)8(12)13/h4-6H,1-3H3,(H,12,13)/t6-/m1/s1. The Morgan fingerprint density at radius 1 is 1.54 bits per heavy atom. The lowest BCUT2D eigenvalue weighted by Crippen LogP contribution is -2.15. The fraction of sp³-hybridized carbons (Fsp3) is 0.625. The molecule has 72 valence electrons. The Morgan fingerprint density at radius 2 is 2.15 bits per heavy atom. The fourth-order valence-corrected chi connectivity index (χ4v) is 0.857. The molecule has 0 aliphatic heterocycles. The van der Waals surface area contributed by atoms with Crippen LogP contribution in [0.3, 0.4) is 0 Å². The van der Waals surface area contributed by atoms with Crippen LogP contribution in [0.4, 0.5) is 0 Å². The second-order valence-electron chi connectivity index (χ2n) is 3.29. The summed E-state index contributed by atoms with van der Waals surface area (Å²) < 4.78 is 1.36. The molecule has 0 saturated carbocycles. The molecule has 0 aromatic carbocycles. The molecule has 5 nitrogen and oxygen atoms in total. The molecular weight excluding hydrogens is 170 g/mol. The van der Waals surface area contributed by atoms with Crippen LogP contribution in [0, 0.1) is 0 Å². The van der Waals surface area contributed by atoms with E-state index in [0.29, 0.717) is 0 Å². The fourth-order valence-electron chi connectivity index (χ4n) is 0.857. The molecule has 1 heterocycles. The molecule has 0 aliphatic carbocycles. The van der Waals surface area contributed by atoms with Gasteiger partial charge >= 0.3 is 5.97 Å². The van der Waals surface area contributed by atoms with E-state index in [2.05, 4.69) is 10.3 Å². The van der Waals surface area contributed by atoms with Crippen molar-refractivity contribution in [1.29, 1.82) is 0 Å². The molecule has 0 radical (unpaired) electrons. The molecule has 0 aliphatic rings. The van der Waals surface area contributed by atoms with E-state index in [4.69, 9.17) is 5.11 Å². The normalized spacial score (nSPS) is 13.2. The van der Waals surface area contributed by atoms with Gasteiger partial charge in [0.1, 0.15) is 6.04 Å². The van der Waals surface area contributed by atoms with Gasteiger partial charge < -0.3 is 5.11 Å². The zero-order chi connectivity index (χ0) is 10.0. The number of aliphatic carboxylic acids is 1. The van der Waals surface area contributed by atoms with Crippen molar-refractivity contribution >= 4 is 5.97 Å². The molecule has 0 unspecified atom stereocenters. The van der Waals surface area contributed by atoms with Gasteiger partial charge in [0, 0.05) is 6.20 Å². The highest BCUT2D eigenvalue weighted by atomic mass is 16.4. The predicted molar refractivity (Wildman–Crippen MR) is 46.5 cm³/mol. The zero-order valence-electron chi connectivity index (χ0n) is 7.93. The van der Waals surface area contributed by atoms with Gasteiger partial charge in [-0.2, -0.15) is 0 Å². The van der Waals surface area contributed by atoms with E-state index >= 15 is 0 Å². The summed E-state index contributed by atoms with van der Waals surface area (Å²) in [5, 5.41) is 16.3. The van der Waals surface area contributed by atoms with E-state index in [1.165, 1.54) is 4.68 Å². The van der Waals surface area contributed by atoms with Crippen LogP contribution in [-0.2, 0) is 4.79 Å². The Kier molecular flexibility index (Phi) is 2.65. The quantitative estimate of drug-likeness (QED) is 0.760. The van der Waals surface area contributed by atoms with Crippen LogP contribution < -0.4 is 0 Å². The Balaban J connectivity index is 2.85. The smallest absolute Gasteiger partial charge is 0.328 e. The maximum absolute atomic E-state index is 10.6. The van der Waals surface area contributed by atoms with Crippen LogP contribution >= 0.6 is 0 Å². The highest BCUT2D eigenvalue weighted by Crippen LogP contribution is 2.12. The summed E-state index contributed by atoms with van der Waals surface area (Å²) in [5.41, 5.74) is 0.813. The van der Waals surface area contributed by atoms with Gasteiger partial charge in [-0.25, -0.2) is 9.48 Å². The van der Waals surface area contributed by atoms with E-state index < -0.39 is 12.0 Å². The summed E-state index contributed by atoms with van der Waals surface area (Å²) in [6.07, 6.45) is 1.67. The first-order valence-electron chi connectivity index (χ1n) is 4.17. The number of carboxylic acid groups (broad SMARTS) is 1. The zero-order valence-corrected chi connectivity index (χ0v) is 7.93. The molecule has 5 heteroatoms. The van der Waals surface area contributed by atoms with Crippen LogP contribution in [0.15, 0.2) is 6.20 Å². The van der Waals surface area contributed by atoms with Crippen molar-refractivity contribution in [3.63, 3.8) is 0 Å². The monoisotopic (exact) mass is 183 g/mol. The van der Waals surface area contributed by atoms with Gasteiger partial charge in [0.05, 0.1) is 5.69 Å². The summed E-state index contributed by atoms with van der Waals surface area (Å²) in [5.74, 6) is -0.630. The minimum atomic E-state index is -0.903. The molecule has 1 aromatic heterocycles. The van der Waals surface area contributed by atoms with E-state index in [-0.39, 0.29) is 5.92 Å². The van der Waals surface area contributed by atoms with Crippen molar-refractivity contribution in [3.05, 3.63) is 11.9 Å². The largest absolute Gasteiger partial charge is 0.480 e. The van der Waals surface area contributed by atoms with Crippen LogP contribution in [0.5, 0.6) is 0 Å². The Labute approximate surface area is 76.4 Å². The molecule has 13 heavy (non-hydrogen) atoms. The molecule has 1 aromatic rings. The number of hydrogen-bond donors (Lipinski definition) is 1. The maximum atomic E-state index is 10.6. The molecule has 0 spiro atoms. The molecule has 0 fully saturated rings. The second kappa shape index (κ2) is 3.55. The number of carboxylic acids is 1. The molecular formula is C8H13N3O2. The minimum Gasteiger partial charge on any atom is -0.480 e. The van der Waals surface area contributed by atoms with Crippen molar-refractivity contribution < 1.29 is 9.90 Å². The minimum absolute atomic E-state index is 0.273. The van der Waals surface area contributed by atoms with Gasteiger partial charge in [-0.1, -0.05) is 19.1 Å². The number of nitrogens with zero attached hydrogens (tertiary/aromatic N) is 3. The predicted octanol–water partition coefficient (Wildman–Crippen LogP) is 1.05. The van der Waals surface area contributed by atoms with Crippen LogP contribution in [0.2, 0.25) is 0 Å². The van der Waals surface area contributed by atoms with Gasteiger partial charge in [0.2, 0.25) is 0 Å². The number of hydrogen-bond acceptors (Lipinski definition) is 3. The highest BCUT2D eigenvalue weighted by Gasteiger charge is 2.15. The Hall–Kier alpha value is -1.39. The van der Waals surface area contributed by atoms with Crippen molar-refractivity contribution in [2.24, 2.45) is 0 Å². The average Bonchev–Trinajstić information content (AvgIpc) is 2.50. The summed E-state index contributed by atoms with van der Waals surface area (Å²) >= 11 is 0. The van der Waals surface area contributed by atoms with Gasteiger partial charge in [-0.05, 0) is 12.8 Å². The average molecular weight is 183 g/mol. The highest BCUT2D eigenvalue weighted by molar-refractivity contribution is 5.71. The third-order valence-corrected chi connectivity index (χ3v) is 1.87. The molecule has 1 rings (SSSR count).